The maximum Gasteiger partial charge on any atom is 0.180 e. The predicted molar refractivity (Wildman–Crippen MR) is 104 cm³/mol. The normalized spacial score (nSPS) is 11.8. The number of benzene rings is 3. The molecule has 0 saturated heterocycles. The Kier molecular flexibility index (Phi) is 5.56. The van der Waals surface area contributed by atoms with Crippen molar-refractivity contribution in [1.82, 2.24) is 0 Å². The molecule has 25 heavy (non-hydrogen) atoms. The van der Waals surface area contributed by atoms with Crippen molar-refractivity contribution in [3.63, 3.8) is 0 Å². The predicted octanol–water partition coefficient (Wildman–Crippen LogP) is 5.72. The fourth-order valence-corrected chi connectivity index (χ4v) is 3.66. The lowest BCUT2D eigenvalue weighted by atomic mass is 10.0. The molecule has 3 aromatic rings. The molecule has 0 fully saturated rings. The molecule has 2 nitrogen and oxygen atoms in total. The monoisotopic (exact) mass is 348 g/mol. The Hall–Kier alpha value is -2.52. The van der Waals surface area contributed by atoms with Crippen molar-refractivity contribution in [2.75, 3.05) is 7.11 Å². The lowest BCUT2D eigenvalue weighted by molar-refractivity contribution is 0.0989. The third-order valence-electron chi connectivity index (χ3n) is 3.99. The molecule has 0 aromatic heterocycles. The van der Waals surface area contributed by atoms with Crippen molar-refractivity contribution < 1.29 is 9.53 Å². The maximum absolute atomic E-state index is 13.2. The molecule has 1 unspecified atom stereocenters. The van der Waals surface area contributed by atoms with Gasteiger partial charge in [0.25, 0.3) is 0 Å². The van der Waals surface area contributed by atoms with Crippen LogP contribution in [0.1, 0.15) is 26.7 Å². The smallest absolute Gasteiger partial charge is 0.180 e. The van der Waals surface area contributed by atoms with Crippen LogP contribution in [0.25, 0.3) is 0 Å². The van der Waals surface area contributed by atoms with Gasteiger partial charge in [0.1, 0.15) is 5.75 Å². The average molecular weight is 348 g/mol. The van der Waals surface area contributed by atoms with Gasteiger partial charge in [0, 0.05) is 10.5 Å². The van der Waals surface area contributed by atoms with Crippen LogP contribution >= 0.6 is 11.8 Å². The van der Waals surface area contributed by atoms with E-state index in [2.05, 4.69) is 31.2 Å². The molecule has 0 aliphatic carbocycles. The molecule has 1 atom stereocenters. The Morgan fingerprint density at radius 3 is 2.12 bits per heavy atom. The highest BCUT2D eigenvalue weighted by molar-refractivity contribution is 8.00. The maximum atomic E-state index is 13.2. The van der Waals surface area contributed by atoms with E-state index in [1.807, 2.05) is 54.6 Å². The first-order chi connectivity index (χ1) is 12.2. The Bertz CT molecular complexity index is 824. The van der Waals surface area contributed by atoms with Gasteiger partial charge in [-0.15, -0.1) is 11.8 Å². The van der Waals surface area contributed by atoms with E-state index in [9.17, 15) is 4.79 Å². The molecule has 3 aromatic carbocycles. The van der Waals surface area contributed by atoms with E-state index in [4.69, 9.17) is 4.74 Å². The first-order valence-electron chi connectivity index (χ1n) is 8.14. The highest BCUT2D eigenvalue weighted by Crippen LogP contribution is 2.38. The largest absolute Gasteiger partial charge is 0.497 e. The average Bonchev–Trinajstić information content (AvgIpc) is 2.68. The summed E-state index contributed by atoms with van der Waals surface area (Å²) in [6.45, 7) is 2.06. The molecule has 0 aliphatic heterocycles. The number of hydrogen-bond acceptors (Lipinski definition) is 3. The van der Waals surface area contributed by atoms with Crippen molar-refractivity contribution in [3.8, 4) is 5.75 Å². The van der Waals surface area contributed by atoms with Crippen molar-refractivity contribution in [1.29, 1.82) is 0 Å². The summed E-state index contributed by atoms with van der Waals surface area (Å²) in [6, 6.07) is 25.5. The zero-order valence-corrected chi connectivity index (χ0v) is 15.1. The van der Waals surface area contributed by atoms with Gasteiger partial charge in [0.05, 0.1) is 12.4 Å². The number of ketones is 1. The second-order valence-corrected chi connectivity index (χ2v) is 6.99. The summed E-state index contributed by atoms with van der Waals surface area (Å²) >= 11 is 1.58. The molecule has 0 aliphatic rings. The standard InChI is InChI=1S/C22H20O2S/c1-16-8-14-20(15-9-16)25-22(18-6-4-3-5-7-18)21(23)17-10-12-19(24-2)13-11-17/h3-15,22H,1-2H3. The van der Waals surface area contributed by atoms with Crippen molar-refractivity contribution in [3.05, 3.63) is 95.6 Å². The number of rotatable bonds is 6. The summed E-state index contributed by atoms with van der Waals surface area (Å²) in [5.74, 6) is 0.846. The minimum atomic E-state index is -0.280. The molecule has 0 bridgehead atoms. The van der Waals surface area contributed by atoms with Crippen LogP contribution in [-0.4, -0.2) is 12.9 Å². The molecular formula is C22H20O2S. The Balaban J connectivity index is 1.92. The van der Waals surface area contributed by atoms with Crippen LogP contribution in [0.5, 0.6) is 5.75 Å². The van der Waals surface area contributed by atoms with Crippen molar-refractivity contribution in [2.45, 2.75) is 17.1 Å². The van der Waals surface area contributed by atoms with Crippen LogP contribution in [0.3, 0.4) is 0 Å². The van der Waals surface area contributed by atoms with Crippen molar-refractivity contribution in [2.24, 2.45) is 0 Å². The van der Waals surface area contributed by atoms with Gasteiger partial charge in [0.2, 0.25) is 0 Å². The van der Waals surface area contributed by atoms with E-state index in [0.717, 1.165) is 16.2 Å². The topological polar surface area (TPSA) is 26.3 Å². The van der Waals surface area contributed by atoms with Gasteiger partial charge in [-0.25, -0.2) is 0 Å². The second kappa shape index (κ2) is 8.04. The van der Waals surface area contributed by atoms with E-state index in [1.54, 1.807) is 18.9 Å². The molecule has 0 amide bonds. The highest BCUT2D eigenvalue weighted by Gasteiger charge is 2.23. The zero-order valence-electron chi connectivity index (χ0n) is 14.3. The lowest BCUT2D eigenvalue weighted by Crippen LogP contribution is -2.10. The van der Waals surface area contributed by atoms with Crippen LogP contribution in [0.15, 0.2) is 83.8 Å². The summed E-state index contributed by atoms with van der Waals surface area (Å²) in [5, 5.41) is -0.280. The third kappa shape index (κ3) is 4.31. The Morgan fingerprint density at radius 2 is 1.52 bits per heavy atom. The van der Waals surface area contributed by atoms with Crippen LogP contribution in [0, 0.1) is 6.92 Å². The summed E-state index contributed by atoms with van der Waals surface area (Å²) < 4.78 is 5.18. The molecule has 0 saturated carbocycles. The van der Waals surface area contributed by atoms with E-state index in [0.29, 0.717) is 5.56 Å². The minimum absolute atomic E-state index is 0.0967. The van der Waals surface area contributed by atoms with Gasteiger partial charge in [-0.1, -0.05) is 48.0 Å². The van der Waals surface area contributed by atoms with Gasteiger partial charge >= 0.3 is 0 Å². The first kappa shape index (κ1) is 17.3. The van der Waals surface area contributed by atoms with Gasteiger partial charge in [-0.05, 0) is 48.9 Å². The minimum Gasteiger partial charge on any atom is -0.497 e. The first-order valence-corrected chi connectivity index (χ1v) is 9.02. The summed E-state index contributed by atoms with van der Waals surface area (Å²) in [7, 11) is 1.62. The van der Waals surface area contributed by atoms with Gasteiger partial charge < -0.3 is 4.74 Å². The van der Waals surface area contributed by atoms with Crippen LogP contribution in [-0.2, 0) is 0 Å². The number of Topliss-reactive ketones (excluding diaryl/α,β-unsaturated/α-hetero) is 1. The van der Waals surface area contributed by atoms with Gasteiger partial charge in [0.15, 0.2) is 5.78 Å². The number of ether oxygens (including phenoxy) is 1. The van der Waals surface area contributed by atoms with Gasteiger partial charge in [-0.2, -0.15) is 0 Å². The summed E-state index contributed by atoms with van der Waals surface area (Å²) in [5.41, 5.74) is 2.91. The summed E-state index contributed by atoms with van der Waals surface area (Å²) in [4.78, 5) is 14.2. The lowest BCUT2D eigenvalue weighted by Gasteiger charge is -2.16. The number of aryl methyl sites for hydroxylation is 1. The van der Waals surface area contributed by atoms with E-state index >= 15 is 0 Å². The van der Waals surface area contributed by atoms with Crippen LogP contribution in [0.4, 0.5) is 0 Å². The molecule has 126 valence electrons. The molecule has 0 heterocycles. The fourth-order valence-electron chi connectivity index (χ4n) is 2.56. The molecule has 0 radical (unpaired) electrons. The number of methoxy groups -OCH3 is 1. The van der Waals surface area contributed by atoms with E-state index < -0.39 is 0 Å². The molecular weight excluding hydrogens is 328 g/mol. The number of carbonyl (C=O) groups is 1. The Labute approximate surface area is 152 Å². The SMILES string of the molecule is COc1ccc(C(=O)C(Sc2ccc(C)cc2)c2ccccc2)cc1. The van der Waals surface area contributed by atoms with E-state index in [-0.39, 0.29) is 11.0 Å². The second-order valence-electron chi connectivity index (χ2n) is 5.81. The number of hydrogen-bond donors (Lipinski definition) is 0. The molecule has 0 N–H and O–H groups in total. The molecule has 3 rings (SSSR count). The quantitative estimate of drug-likeness (QED) is 0.421. The third-order valence-corrected chi connectivity index (χ3v) is 5.26. The van der Waals surface area contributed by atoms with Gasteiger partial charge in [-0.3, -0.25) is 4.79 Å². The molecule has 3 heteroatoms. The number of thioether (sulfide) groups is 1. The number of carbonyl (C=O) groups excluding carboxylic acids is 1. The van der Waals surface area contributed by atoms with E-state index in [1.165, 1.54) is 5.56 Å². The van der Waals surface area contributed by atoms with Crippen LogP contribution in [0.2, 0.25) is 0 Å². The zero-order chi connectivity index (χ0) is 17.6. The molecule has 0 spiro atoms. The van der Waals surface area contributed by atoms with Crippen LogP contribution < -0.4 is 4.74 Å². The summed E-state index contributed by atoms with van der Waals surface area (Å²) in [6.07, 6.45) is 0. The van der Waals surface area contributed by atoms with Crippen molar-refractivity contribution >= 4 is 17.5 Å². The highest BCUT2D eigenvalue weighted by atomic mass is 32.2. The Morgan fingerprint density at radius 1 is 0.880 bits per heavy atom. The fraction of sp³-hybridized carbons (Fsp3) is 0.136.